The number of carbonyl (C=O) groups excluding carboxylic acids is 2. The molecule has 1 atom stereocenters. The van der Waals surface area contributed by atoms with Crippen LogP contribution in [0.2, 0.25) is 0 Å². The Morgan fingerprint density at radius 3 is 2.29 bits per heavy atom. The van der Waals surface area contributed by atoms with Crippen LogP contribution in [0.4, 0.5) is 5.69 Å². The number of rotatable bonds is 3. The summed E-state index contributed by atoms with van der Waals surface area (Å²) >= 11 is 0. The zero-order chi connectivity index (χ0) is 19.9. The van der Waals surface area contributed by atoms with Gasteiger partial charge in [-0.25, -0.2) is 0 Å². The number of allylic oxidation sites excluding steroid dienone is 2. The Bertz CT molecular complexity index is 942. The molecule has 4 heteroatoms. The summed E-state index contributed by atoms with van der Waals surface area (Å²) in [5.74, 6) is 0.765. The van der Waals surface area contributed by atoms with Crippen molar-refractivity contribution < 1.29 is 14.3 Å². The van der Waals surface area contributed by atoms with Gasteiger partial charge < -0.3 is 4.74 Å². The van der Waals surface area contributed by atoms with Gasteiger partial charge in [0.05, 0.1) is 7.11 Å². The van der Waals surface area contributed by atoms with E-state index in [-0.39, 0.29) is 23.0 Å². The van der Waals surface area contributed by atoms with E-state index in [0.29, 0.717) is 19.3 Å². The van der Waals surface area contributed by atoms with Crippen molar-refractivity contribution in [3.8, 4) is 5.75 Å². The second-order valence-corrected chi connectivity index (χ2v) is 8.40. The standard InChI is InChI=1S/C24H25NO3/c1-24(2)14-20-23(21(26)15-24)19(16-7-5-4-6-8-16)13-22(27)25(20)17-9-11-18(28-3)12-10-17/h4-12,19H,13-15H2,1-3H3. The summed E-state index contributed by atoms with van der Waals surface area (Å²) in [6.07, 6.45) is 1.52. The summed E-state index contributed by atoms with van der Waals surface area (Å²) < 4.78 is 5.25. The third kappa shape index (κ3) is 3.24. The number of anilines is 1. The van der Waals surface area contributed by atoms with E-state index in [0.717, 1.165) is 28.3 Å². The van der Waals surface area contributed by atoms with Gasteiger partial charge in [-0.2, -0.15) is 0 Å². The largest absolute Gasteiger partial charge is 0.497 e. The molecule has 1 unspecified atom stereocenters. The predicted octanol–water partition coefficient (Wildman–Crippen LogP) is 4.86. The summed E-state index contributed by atoms with van der Waals surface area (Å²) in [4.78, 5) is 28.2. The van der Waals surface area contributed by atoms with Crippen molar-refractivity contribution >= 4 is 17.4 Å². The van der Waals surface area contributed by atoms with Crippen molar-refractivity contribution in [2.45, 2.75) is 39.0 Å². The molecule has 1 aliphatic carbocycles. The molecule has 28 heavy (non-hydrogen) atoms. The molecule has 0 bridgehead atoms. The third-order valence-corrected chi connectivity index (χ3v) is 5.68. The number of hydrogen-bond acceptors (Lipinski definition) is 3. The lowest BCUT2D eigenvalue weighted by Crippen LogP contribution is -2.43. The first kappa shape index (κ1) is 18.5. The van der Waals surface area contributed by atoms with Crippen molar-refractivity contribution in [1.29, 1.82) is 0 Å². The molecule has 144 valence electrons. The fraction of sp³-hybridized carbons (Fsp3) is 0.333. The van der Waals surface area contributed by atoms with Crippen LogP contribution in [0.25, 0.3) is 0 Å². The van der Waals surface area contributed by atoms with E-state index in [4.69, 9.17) is 4.74 Å². The van der Waals surface area contributed by atoms with E-state index in [9.17, 15) is 9.59 Å². The van der Waals surface area contributed by atoms with Gasteiger partial charge in [0.2, 0.25) is 5.91 Å². The minimum absolute atomic E-state index is 0.0308. The molecule has 1 amide bonds. The van der Waals surface area contributed by atoms with Crippen LogP contribution in [-0.2, 0) is 9.59 Å². The van der Waals surface area contributed by atoms with Gasteiger partial charge >= 0.3 is 0 Å². The molecule has 2 aromatic carbocycles. The van der Waals surface area contributed by atoms with Crippen LogP contribution in [0.15, 0.2) is 65.9 Å². The van der Waals surface area contributed by atoms with E-state index in [1.807, 2.05) is 54.6 Å². The highest BCUT2D eigenvalue weighted by molar-refractivity contribution is 6.07. The van der Waals surface area contributed by atoms with Crippen LogP contribution in [0, 0.1) is 5.41 Å². The summed E-state index contributed by atoms with van der Waals surface area (Å²) in [5, 5.41) is 0. The molecule has 0 fully saturated rings. The lowest BCUT2D eigenvalue weighted by molar-refractivity contribution is -0.121. The van der Waals surface area contributed by atoms with Crippen molar-refractivity contribution in [1.82, 2.24) is 0 Å². The maximum Gasteiger partial charge on any atom is 0.232 e. The molecule has 1 aliphatic heterocycles. The first-order valence-corrected chi connectivity index (χ1v) is 9.68. The molecule has 4 rings (SSSR count). The third-order valence-electron chi connectivity index (χ3n) is 5.68. The van der Waals surface area contributed by atoms with E-state index in [2.05, 4.69) is 13.8 Å². The molecular formula is C24H25NO3. The molecular weight excluding hydrogens is 350 g/mol. The normalized spacial score (nSPS) is 21.5. The number of hydrogen-bond donors (Lipinski definition) is 0. The van der Waals surface area contributed by atoms with Crippen LogP contribution in [0.1, 0.15) is 44.6 Å². The maximum absolute atomic E-state index is 13.3. The van der Waals surface area contributed by atoms with Gasteiger partial charge in [0.1, 0.15) is 5.75 Å². The summed E-state index contributed by atoms with van der Waals surface area (Å²) in [6, 6.07) is 17.4. The van der Waals surface area contributed by atoms with E-state index >= 15 is 0 Å². The number of ketones is 1. The highest BCUT2D eigenvalue weighted by Crippen LogP contribution is 2.48. The molecule has 0 saturated heterocycles. The number of Topliss-reactive ketones (excluding diaryl/α,β-unsaturated/α-hetero) is 1. The van der Waals surface area contributed by atoms with Gasteiger partial charge in [-0.05, 0) is 41.7 Å². The van der Waals surface area contributed by atoms with Gasteiger partial charge in [-0.3, -0.25) is 14.5 Å². The Hall–Kier alpha value is -2.88. The van der Waals surface area contributed by atoms with Crippen LogP contribution in [-0.4, -0.2) is 18.8 Å². The Balaban J connectivity index is 1.86. The number of amides is 1. The molecule has 2 aromatic rings. The zero-order valence-electron chi connectivity index (χ0n) is 16.6. The van der Waals surface area contributed by atoms with Crippen molar-refractivity contribution in [2.24, 2.45) is 5.41 Å². The van der Waals surface area contributed by atoms with Gasteiger partial charge in [0.15, 0.2) is 5.78 Å². The second-order valence-electron chi connectivity index (χ2n) is 8.40. The molecule has 0 aromatic heterocycles. The van der Waals surface area contributed by atoms with Crippen LogP contribution >= 0.6 is 0 Å². The van der Waals surface area contributed by atoms with Crippen molar-refractivity contribution in [2.75, 3.05) is 12.0 Å². The first-order valence-electron chi connectivity index (χ1n) is 9.68. The maximum atomic E-state index is 13.3. The summed E-state index contributed by atoms with van der Waals surface area (Å²) in [6.45, 7) is 4.19. The second kappa shape index (κ2) is 6.93. The van der Waals surface area contributed by atoms with E-state index in [1.165, 1.54) is 0 Å². The minimum atomic E-state index is -0.167. The number of ether oxygens (including phenoxy) is 1. The van der Waals surface area contributed by atoms with Crippen molar-refractivity contribution in [3.63, 3.8) is 0 Å². The lowest BCUT2D eigenvalue weighted by atomic mass is 9.69. The zero-order valence-corrected chi connectivity index (χ0v) is 16.6. The fourth-order valence-electron chi connectivity index (χ4n) is 4.42. The Morgan fingerprint density at radius 2 is 1.64 bits per heavy atom. The summed E-state index contributed by atoms with van der Waals surface area (Å²) in [5.41, 5.74) is 3.32. The molecule has 0 radical (unpaired) electrons. The average molecular weight is 375 g/mol. The van der Waals surface area contributed by atoms with E-state index < -0.39 is 0 Å². The molecule has 4 nitrogen and oxygen atoms in total. The number of carbonyl (C=O) groups is 2. The van der Waals surface area contributed by atoms with Crippen molar-refractivity contribution in [3.05, 3.63) is 71.4 Å². The summed E-state index contributed by atoms with van der Waals surface area (Å²) in [7, 11) is 1.62. The van der Waals surface area contributed by atoms with Gasteiger partial charge in [0, 0.05) is 35.7 Å². The highest BCUT2D eigenvalue weighted by Gasteiger charge is 2.44. The van der Waals surface area contributed by atoms with Gasteiger partial charge in [-0.15, -0.1) is 0 Å². The minimum Gasteiger partial charge on any atom is -0.497 e. The number of benzene rings is 2. The van der Waals surface area contributed by atoms with Gasteiger partial charge in [-0.1, -0.05) is 44.2 Å². The van der Waals surface area contributed by atoms with Crippen LogP contribution in [0.5, 0.6) is 5.75 Å². The Morgan fingerprint density at radius 1 is 0.964 bits per heavy atom. The predicted molar refractivity (Wildman–Crippen MR) is 109 cm³/mol. The molecule has 2 aliphatic rings. The average Bonchev–Trinajstić information content (AvgIpc) is 2.67. The topological polar surface area (TPSA) is 46.6 Å². The number of methoxy groups -OCH3 is 1. The molecule has 0 saturated carbocycles. The number of nitrogens with zero attached hydrogens (tertiary/aromatic N) is 1. The quantitative estimate of drug-likeness (QED) is 0.770. The fourth-order valence-corrected chi connectivity index (χ4v) is 4.42. The lowest BCUT2D eigenvalue weighted by Gasteiger charge is -2.43. The monoisotopic (exact) mass is 375 g/mol. The molecule has 0 spiro atoms. The Labute approximate surface area is 165 Å². The SMILES string of the molecule is COc1ccc(N2C(=O)CC(c3ccccc3)C3=C2CC(C)(C)CC3=O)cc1. The first-order chi connectivity index (χ1) is 13.4. The Kier molecular flexibility index (Phi) is 4.58. The van der Waals surface area contributed by atoms with Crippen LogP contribution in [0.3, 0.4) is 0 Å². The smallest absolute Gasteiger partial charge is 0.232 e. The molecule has 0 N–H and O–H groups in total. The highest BCUT2D eigenvalue weighted by atomic mass is 16.5. The van der Waals surface area contributed by atoms with Gasteiger partial charge in [0.25, 0.3) is 0 Å². The van der Waals surface area contributed by atoms with Crippen LogP contribution < -0.4 is 9.64 Å². The van der Waals surface area contributed by atoms with E-state index in [1.54, 1.807) is 12.0 Å². The molecule has 1 heterocycles.